The zero-order chi connectivity index (χ0) is 15.0. The second-order valence-corrected chi connectivity index (χ2v) is 7.52. The first-order valence-electron chi connectivity index (χ1n) is 7.16. The molecule has 1 unspecified atom stereocenters. The van der Waals surface area contributed by atoms with Crippen LogP contribution in [0.2, 0.25) is 0 Å². The van der Waals surface area contributed by atoms with E-state index in [1.54, 1.807) is 0 Å². The van der Waals surface area contributed by atoms with Gasteiger partial charge in [0.1, 0.15) is 10.7 Å². The molecule has 0 bridgehead atoms. The SMILES string of the molecule is O=S(=O)(c1ccc(CO)cc1F)N1CCN2CCCC2C1. The van der Waals surface area contributed by atoms with E-state index in [1.165, 1.54) is 16.4 Å². The third-order valence-electron chi connectivity index (χ3n) is 4.35. The quantitative estimate of drug-likeness (QED) is 0.896. The minimum absolute atomic E-state index is 0.258. The topological polar surface area (TPSA) is 60.9 Å². The van der Waals surface area contributed by atoms with E-state index in [0.29, 0.717) is 25.2 Å². The van der Waals surface area contributed by atoms with Crippen LogP contribution in [0.4, 0.5) is 4.39 Å². The van der Waals surface area contributed by atoms with Gasteiger partial charge in [0.25, 0.3) is 0 Å². The number of hydrogen-bond acceptors (Lipinski definition) is 4. The van der Waals surface area contributed by atoms with Gasteiger partial charge in [-0.2, -0.15) is 4.31 Å². The summed E-state index contributed by atoms with van der Waals surface area (Å²) in [6, 6.07) is 4.03. The van der Waals surface area contributed by atoms with E-state index in [1.807, 2.05) is 0 Å². The summed E-state index contributed by atoms with van der Waals surface area (Å²) in [5.74, 6) is -0.796. The molecule has 0 aromatic heterocycles. The Kier molecular flexibility index (Phi) is 4.00. The second-order valence-electron chi connectivity index (χ2n) is 5.62. The van der Waals surface area contributed by atoms with Crippen LogP contribution in [0.25, 0.3) is 0 Å². The van der Waals surface area contributed by atoms with Crippen molar-refractivity contribution in [1.29, 1.82) is 0 Å². The molecule has 1 aromatic carbocycles. The second kappa shape index (κ2) is 5.64. The average Bonchev–Trinajstić information content (AvgIpc) is 2.94. The summed E-state index contributed by atoms with van der Waals surface area (Å²) in [5.41, 5.74) is 0.368. The van der Waals surface area contributed by atoms with Crippen molar-refractivity contribution in [1.82, 2.24) is 9.21 Å². The number of aliphatic hydroxyl groups excluding tert-OH is 1. The summed E-state index contributed by atoms with van der Waals surface area (Å²) in [6.07, 6.45) is 2.09. The lowest BCUT2D eigenvalue weighted by Gasteiger charge is -2.36. The molecule has 2 fully saturated rings. The van der Waals surface area contributed by atoms with E-state index in [-0.39, 0.29) is 17.5 Å². The first kappa shape index (κ1) is 14.9. The number of rotatable bonds is 3. The highest BCUT2D eigenvalue weighted by molar-refractivity contribution is 7.89. The van der Waals surface area contributed by atoms with E-state index in [2.05, 4.69) is 4.90 Å². The van der Waals surface area contributed by atoms with Gasteiger partial charge in [0.15, 0.2) is 0 Å². The molecule has 3 rings (SSSR count). The van der Waals surface area contributed by atoms with Crippen molar-refractivity contribution >= 4 is 10.0 Å². The summed E-state index contributed by atoms with van der Waals surface area (Å²) < 4.78 is 40.6. The van der Waals surface area contributed by atoms with Crippen LogP contribution in [0.3, 0.4) is 0 Å². The molecule has 0 saturated carbocycles. The Morgan fingerprint density at radius 3 is 2.81 bits per heavy atom. The van der Waals surface area contributed by atoms with Crippen LogP contribution < -0.4 is 0 Å². The van der Waals surface area contributed by atoms with E-state index in [4.69, 9.17) is 5.11 Å². The summed E-state index contributed by atoms with van der Waals surface area (Å²) in [6.45, 7) is 2.26. The number of nitrogens with zero attached hydrogens (tertiary/aromatic N) is 2. The Hall–Kier alpha value is -1.02. The van der Waals surface area contributed by atoms with Crippen molar-refractivity contribution < 1.29 is 17.9 Å². The molecule has 7 heteroatoms. The molecular weight excluding hydrogens is 295 g/mol. The number of fused-ring (bicyclic) bond motifs is 1. The molecule has 0 amide bonds. The van der Waals surface area contributed by atoms with Crippen molar-refractivity contribution in [2.45, 2.75) is 30.4 Å². The molecule has 21 heavy (non-hydrogen) atoms. The maximum atomic E-state index is 14.0. The molecule has 1 aromatic rings. The molecule has 0 radical (unpaired) electrons. The van der Waals surface area contributed by atoms with E-state index in [9.17, 15) is 12.8 Å². The van der Waals surface area contributed by atoms with Crippen molar-refractivity contribution in [3.05, 3.63) is 29.6 Å². The number of sulfonamides is 1. The largest absolute Gasteiger partial charge is 0.392 e. The lowest BCUT2D eigenvalue weighted by atomic mass is 10.2. The Morgan fingerprint density at radius 2 is 2.10 bits per heavy atom. The van der Waals surface area contributed by atoms with Crippen molar-refractivity contribution in [2.75, 3.05) is 26.2 Å². The van der Waals surface area contributed by atoms with E-state index in [0.717, 1.165) is 25.5 Å². The highest BCUT2D eigenvalue weighted by atomic mass is 32.2. The minimum Gasteiger partial charge on any atom is -0.392 e. The van der Waals surface area contributed by atoms with Gasteiger partial charge in [-0.05, 0) is 37.1 Å². The standard InChI is InChI=1S/C14H19FN2O3S/c15-13-8-11(10-18)3-4-14(13)21(19,20)17-7-6-16-5-1-2-12(16)9-17/h3-4,8,12,18H,1-2,5-7,9-10H2. The lowest BCUT2D eigenvalue weighted by molar-refractivity contribution is 0.158. The summed E-state index contributed by atoms with van der Waals surface area (Å²) >= 11 is 0. The molecule has 2 aliphatic heterocycles. The number of benzene rings is 1. The number of aliphatic hydroxyl groups is 1. The zero-order valence-electron chi connectivity index (χ0n) is 11.7. The maximum Gasteiger partial charge on any atom is 0.246 e. The normalized spacial score (nSPS) is 24.2. The van der Waals surface area contributed by atoms with Crippen molar-refractivity contribution in [2.24, 2.45) is 0 Å². The van der Waals surface area contributed by atoms with Crippen LogP contribution in [-0.2, 0) is 16.6 Å². The lowest BCUT2D eigenvalue weighted by Crippen LogP contribution is -2.52. The van der Waals surface area contributed by atoms with Gasteiger partial charge >= 0.3 is 0 Å². The summed E-state index contributed by atoms with van der Waals surface area (Å²) in [7, 11) is -3.81. The first-order chi connectivity index (χ1) is 10.0. The smallest absolute Gasteiger partial charge is 0.246 e. The molecule has 5 nitrogen and oxygen atoms in total. The molecule has 0 aliphatic carbocycles. The number of piperazine rings is 1. The van der Waals surface area contributed by atoms with Gasteiger partial charge in [0.05, 0.1) is 6.61 Å². The Bertz CT molecular complexity index is 635. The maximum absolute atomic E-state index is 14.0. The zero-order valence-corrected chi connectivity index (χ0v) is 12.5. The van der Waals surface area contributed by atoms with Gasteiger partial charge in [-0.1, -0.05) is 6.07 Å². The van der Waals surface area contributed by atoms with E-state index >= 15 is 0 Å². The van der Waals surface area contributed by atoms with Crippen LogP contribution in [0.15, 0.2) is 23.1 Å². The predicted octanol–water partition coefficient (Wildman–Crippen LogP) is 0.787. The van der Waals surface area contributed by atoms with Crippen LogP contribution in [-0.4, -0.2) is 55.0 Å². The molecule has 0 spiro atoms. The van der Waals surface area contributed by atoms with Crippen molar-refractivity contribution in [3.8, 4) is 0 Å². The van der Waals surface area contributed by atoms with Gasteiger partial charge in [0.2, 0.25) is 10.0 Å². The van der Waals surface area contributed by atoms with Gasteiger partial charge in [-0.3, -0.25) is 4.90 Å². The fourth-order valence-corrected chi connectivity index (χ4v) is 4.69. The predicted molar refractivity (Wildman–Crippen MR) is 75.7 cm³/mol. The van der Waals surface area contributed by atoms with Crippen molar-refractivity contribution in [3.63, 3.8) is 0 Å². The Balaban J connectivity index is 1.86. The van der Waals surface area contributed by atoms with Gasteiger partial charge in [-0.25, -0.2) is 12.8 Å². The third kappa shape index (κ3) is 2.70. The molecule has 2 saturated heterocycles. The van der Waals surface area contributed by atoms with Crippen LogP contribution >= 0.6 is 0 Å². The van der Waals surface area contributed by atoms with Gasteiger partial charge in [0, 0.05) is 25.7 Å². The monoisotopic (exact) mass is 314 g/mol. The van der Waals surface area contributed by atoms with Gasteiger partial charge in [-0.15, -0.1) is 0 Å². The molecular formula is C14H19FN2O3S. The summed E-state index contributed by atoms with van der Waals surface area (Å²) in [5, 5.41) is 8.98. The molecule has 2 aliphatic rings. The fraction of sp³-hybridized carbons (Fsp3) is 0.571. The van der Waals surface area contributed by atoms with E-state index < -0.39 is 15.8 Å². The summed E-state index contributed by atoms with van der Waals surface area (Å²) in [4.78, 5) is 2.00. The molecule has 2 heterocycles. The highest BCUT2D eigenvalue weighted by Gasteiger charge is 2.37. The highest BCUT2D eigenvalue weighted by Crippen LogP contribution is 2.27. The van der Waals surface area contributed by atoms with Crippen LogP contribution in [0, 0.1) is 5.82 Å². The first-order valence-corrected chi connectivity index (χ1v) is 8.60. The van der Waals surface area contributed by atoms with Gasteiger partial charge < -0.3 is 5.11 Å². The van der Waals surface area contributed by atoms with Crippen LogP contribution in [0.5, 0.6) is 0 Å². The molecule has 1 atom stereocenters. The minimum atomic E-state index is -3.81. The van der Waals surface area contributed by atoms with Crippen LogP contribution in [0.1, 0.15) is 18.4 Å². The molecule has 1 N–H and O–H groups in total. The average molecular weight is 314 g/mol. The third-order valence-corrected chi connectivity index (χ3v) is 6.25. The number of halogens is 1. The Labute approximate surface area is 124 Å². The Morgan fingerprint density at radius 1 is 1.29 bits per heavy atom. The number of hydrogen-bond donors (Lipinski definition) is 1. The fourth-order valence-electron chi connectivity index (χ4n) is 3.17. The molecule has 116 valence electrons.